The number of hydrogen-bond acceptors (Lipinski definition) is 5. The Bertz CT molecular complexity index is 652. The van der Waals surface area contributed by atoms with Crippen LogP contribution in [0.25, 0.3) is 11.4 Å². The molecule has 0 unspecified atom stereocenters. The summed E-state index contributed by atoms with van der Waals surface area (Å²) >= 11 is 1.34. The Hall–Kier alpha value is -1.96. The van der Waals surface area contributed by atoms with E-state index in [9.17, 15) is 8.78 Å². The molecule has 2 N–H and O–H groups in total. The molecular formula is C10H7F2N5S. The third kappa shape index (κ3) is 1.74. The van der Waals surface area contributed by atoms with Crippen molar-refractivity contribution >= 4 is 17.6 Å². The quantitative estimate of drug-likeness (QED) is 0.849. The van der Waals surface area contributed by atoms with E-state index in [1.807, 2.05) is 0 Å². The van der Waals surface area contributed by atoms with Gasteiger partial charge in [0.25, 0.3) is 0 Å². The summed E-state index contributed by atoms with van der Waals surface area (Å²) in [6, 6.07) is 3.13. The Labute approximate surface area is 105 Å². The Balaban J connectivity index is 2.20. The van der Waals surface area contributed by atoms with Crippen LogP contribution in [0.2, 0.25) is 0 Å². The lowest BCUT2D eigenvalue weighted by Crippen LogP contribution is -2.20. The van der Waals surface area contributed by atoms with Gasteiger partial charge >= 0.3 is 0 Å². The predicted octanol–water partition coefficient (Wildman–Crippen LogP) is 1.45. The van der Waals surface area contributed by atoms with Crippen LogP contribution in [-0.2, 0) is 0 Å². The number of amidine groups is 1. The molecule has 0 saturated heterocycles. The zero-order chi connectivity index (χ0) is 12.7. The zero-order valence-corrected chi connectivity index (χ0v) is 9.79. The van der Waals surface area contributed by atoms with E-state index in [1.165, 1.54) is 16.4 Å². The molecule has 5 nitrogen and oxygen atoms in total. The Kier molecular flexibility index (Phi) is 2.51. The fourth-order valence-corrected chi connectivity index (χ4v) is 2.26. The fraction of sp³-hybridized carbons (Fsp3) is 0.100. The summed E-state index contributed by atoms with van der Waals surface area (Å²) in [6.07, 6.45) is 0. The van der Waals surface area contributed by atoms with Crippen molar-refractivity contribution in [2.45, 2.75) is 5.16 Å². The van der Waals surface area contributed by atoms with E-state index in [1.54, 1.807) is 0 Å². The van der Waals surface area contributed by atoms with Gasteiger partial charge in [-0.1, -0.05) is 11.8 Å². The molecule has 2 heterocycles. The minimum atomic E-state index is -0.587. The highest BCUT2D eigenvalue weighted by atomic mass is 32.2. The molecule has 0 atom stereocenters. The molecule has 1 aliphatic rings. The average molecular weight is 267 g/mol. The third-order valence-electron chi connectivity index (χ3n) is 2.36. The van der Waals surface area contributed by atoms with Gasteiger partial charge in [-0.25, -0.2) is 8.78 Å². The maximum absolute atomic E-state index is 13.7. The lowest BCUT2D eigenvalue weighted by atomic mass is 10.2. The summed E-state index contributed by atoms with van der Waals surface area (Å²) in [6.45, 7) is 0. The van der Waals surface area contributed by atoms with Crippen molar-refractivity contribution in [1.82, 2.24) is 14.9 Å². The second kappa shape index (κ2) is 4.05. The molecule has 0 aliphatic carbocycles. The lowest BCUT2D eigenvalue weighted by molar-refractivity contribution is 0.600. The Morgan fingerprint density at radius 3 is 2.94 bits per heavy atom. The van der Waals surface area contributed by atoms with E-state index >= 15 is 0 Å². The first kappa shape index (κ1) is 11.1. The largest absolute Gasteiger partial charge is 0.385 e. The van der Waals surface area contributed by atoms with Crippen molar-refractivity contribution in [2.75, 3.05) is 5.75 Å². The first-order valence-electron chi connectivity index (χ1n) is 5.02. The first-order chi connectivity index (χ1) is 8.65. The summed E-state index contributed by atoms with van der Waals surface area (Å²) < 4.78 is 28.1. The van der Waals surface area contributed by atoms with Crippen LogP contribution in [0.5, 0.6) is 0 Å². The van der Waals surface area contributed by atoms with Crippen molar-refractivity contribution in [2.24, 2.45) is 10.8 Å². The third-order valence-corrected chi connectivity index (χ3v) is 3.31. The number of nitrogens with zero attached hydrogens (tertiary/aromatic N) is 4. The van der Waals surface area contributed by atoms with Crippen LogP contribution in [0.4, 0.5) is 8.78 Å². The van der Waals surface area contributed by atoms with E-state index in [4.69, 9.17) is 5.73 Å². The minimum Gasteiger partial charge on any atom is -0.385 e. The number of fused-ring (bicyclic) bond motifs is 1. The number of nitrogens with two attached hydrogens (primary N) is 1. The van der Waals surface area contributed by atoms with Crippen LogP contribution in [0.15, 0.2) is 28.5 Å². The van der Waals surface area contributed by atoms with E-state index in [0.717, 1.165) is 18.2 Å². The van der Waals surface area contributed by atoms with E-state index in [0.29, 0.717) is 16.7 Å². The van der Waals surface area contributed by atoms with Crippen molar-refractivity contribution < 1.29 is 8.78 Å². The molecule has 1 aromatic carbocycles. The number of aromatic nitrogens is 3. The Morgan fingerprint density at radius 2 is 2.11 bits per heavy atom. The maximum atomic E-state index is 13.7. The van der Waals surface area contributed by atoms with Crippen LogP contribution in [0, 0.1) is 11.6 Å². The molecule has 0 amide bonds. The first-order valence-corrected chi connectivity index (χ1v) is 6.00. The monoisotopic (exact) mass is 267 g/mol. The van der Waals surface area contributed by atoms with Gasteiger partial charge in [-0.05, 0) is 18.2 Å². The molecule has 0 fully saturated rings. The van der Waals surface area contributed by atoms with Crippen LogP contribution in [0.3, 0.4) is 0 Å². The van der Waals surface area contributed by atoms with Crippen molar-refractivity contribution in [3.8, 4) is 11.4 Å². The molecule has 0 bridgehead atoms. The number of thioether (sulfide) groups is 1. The predicted molar refractivity (Wildman–Crippen MR) is 63.1 cm³/mol. The van der Waals surface area contributed by atoms with Crippen LogP contribution in [-0.4, -0.2) is 26.5 Å². The molecule has 0 radical (unpaired) electrons. The summed E-state index contributed by atoms with van der Waals surface area (Å²) in [4.78, 5) is 0. The van der Waals surface area contributed by atoms with Crippen molar-refractivity contribution in [1.29, 1.82) is 0 Å². The highest BCUT2D eigenvalue weighted by molar-refractivity contribution is 7.99. The van der Waals surface area contributed by atoms with Gasteiger partial charge in [0.1, 0.15) is 17.5 Å². The lowest BCUT2D eigenvalue weighted by Gasteiger charge is -2.10. The van der Waals surface area contributed by atoms with Crippen molar-refractivity contribution in [3.63, 3.8) is 0 Å². The van der Waals surface area contributed by atoms with Crippen LogP contribution in [0.1, 0.15) is 0 Å². The standard InChI is InChI=1S/C10H7F2N5S/c11-5-1-2-7(12)6(3-5)9-14-15-10-17(9)16-8(13)4-18-10/h1-3H,4H2,(H2,13,16). The number of halogens is 2. The van der Waals surface area contributed by atoms with Gasteiger partial charge in [0.2, 0.25) is 5.16 Å². The molecule has 1 aliphatic heterocycles. The molecular weight excluding hydrogens is 260 g/mol. The number of hydrogen-bond donors (Lipinski definition) is 1. The minimum absolute atomic E-state index is 0.00722. The van der Waals surface area contributed by atoms with Gasteiger partial charge < -0.3 is 5.73 Å². The van der Waals surface area contributed by atoms with Gasteiger partial charge in [0.15, 0.2) is 5.82 Å². The van der Waals surface area contributed by atoms with E-state index < -0.39 is 11.6 Å². The second-order valence-electron chi connectivity index (χ2n) is 3.62. The van der Waals surface area contributed by atoms with E-state index in [2.05, 4.69) is 15.3 Å². The molecule has 0 spiro atoms. The highest BCUT2D eigenvalue weighted by Crippen LogP contribution is 2.28. The Morgan fingerprint density at radius 1 is 1.28 bits per heavy atom. The second-order valence-corrected chi connectivity index (χ2v) is 4.56. The van der Waals surface area contributed by atoms with Gasteiger partial charge in [-0.3, -0.25) is 0 Å². The SMILES string of the molecule is NC1=Nn2c(nnc2-c2cc(F)ccc2F)SC1. The summed E-state index contributed by atoms with van der Waals surface area (Å²) in [5.41, 5.74) is 5.62. The fourth-order valence-electron chi connectivity index (χ4n) is 1.58. The smallest absolute Gasteiger partial charge is 0.212 e. The molecule has 1 aromatic heterocycles. The molecule has 8 heteroatoms. The number of benzene rings is 1. The summed E-state index contributed by atoms with van der Waals surface area (Å²) in [5, 5.41) is 12.2. The normalized spacial score (nSPS) is 14.2. The topological polar surface area (TPSA) is 69.1 Å². The maximum Gasteiger partial charge on any atom is 0.212 e. The summed E-state index contributed by atoms with van der Waals surface area (Å²) in [5.74, 6) is -0.119. The van der Waals surface area contributed by atoms with Gasteiger partial charge in [-0.15, -0.1) is 10.2 Å². The zero-order valence-electron chi connectivity index (χ0n) is 8.97. The van der Waals surface area contributed by atoms with Gasteiger partial charge in [0.05, 0.1) is 11.3 Å². The molecule has 18 heavy (non-hydrogen) atoms. The van der Waals surface area contributed by atoms with Gasteiger partial charge in [-0.2, -0.15) is 9.78 Å². The number of rotatable bonds is 1. The molecule has 3 rings (SSSR count). The molecule has 0 saturated carbocycles. The van der Waals surface area contributed by atoms with E-state index in [-0.39, 0.29) is 11.4 Å². The molecule has 2 aromatic rings. The summed E-state index contributed by atoms with van der Waals surface area (Å²) in [7, 11) is 0. The van der Waals surface area contributed by atoms with Crippen LogP contribution >= 0.6 is 11.8 Å². The van der Waals surface area contributed by atoms with Crippen LogP contribution < -0.4 is 5.73 Å². The highest BCUT2D eigenvalue weighted by Gasteiger charge is 2.21. The average Bonchev–Trinajstić information content (AvgIpc) is 2.75. The van der Waals surface area contributed by atoms with Gasteiger partial charge in [0, 0.05) is 0 Å². The van der Waals surface area contributed by atoms with Crippen molar-refractivity contribution in [3.05, 3.63) is 29.8 Å². The molecule has 92 valence electrons.